The van der Waals surface area contributed by atoms with Crippen molar-refractivity contribution in [3.63, 3.8) is 0 Å². The SMILES string of the molecule is NC1=CC2=C3O[C@@]4(O)C=CC=CC4=C3C(=O)[C@@]2(O)C=C1. The monoisotopic (exact) mass is 269 g/mol. The van der Waals surface area contributed by atoms with E-state index in [1.54, 1.807) is 18.2 Å². The van der Waals surface area contributed by atoms with E-state index in [-0.39, 0.29) is 16.9 Å². The standard InChI is InChI=1S/C15H11NO4/c16-8-4-6-14(18)10(7-8)12-11(13(14)17)9-3-1-2-5-15(9,19)20-12/h1-7,18-19H,16H2/t14-,15+/m1/s1. The van der Waals surface area contributed by atoms with E-state index in [1.807, 2.05) is 0 Å². The molecular formula is C15H11NO4. The lowest BCUT2D eigenvalue weighted by molar-refractivity contribution is -0.125. The summed E-state index contributed by atoms with van der Waals surface area (Å²) < 4.78 is 5.54. The summed E-state index contributed by atoms with van der Waals surface area (Å²) in [5.74, 6) is -1.96. The molecule has 0 saturated carbocycles. The first kappa shape index (κ1) is 11.5. The van der Waals surface area contributed by atoms with Crippen LogP contribution in [-0.4, -0.2) is 27.4 Å². The van der Waals surface area contributed by atoms with Crippen molar-refractivity contribution >= 4 is 5.78 Å². The van der Waals surface area contributed by atoms with Crippen LogP contribution in [0.4, 0.5) is 0 Å². The van der Waals surface area contributed by atoms with Crippen molar-refractivity contribution in [2.75, 3.05) is 0 Å². The highest BCUT2D eigenvalue weighted by Gasteiger charge is 2.57. The molecule has 1 heterocycles. The molecule has 0 saturated heterocycles. The highest BCUT2D eigenvalue weighted by atomic mass is 16.6. The van der Waals surface area contributed by atoms with Crippen LogP contribution in [-0.2, 0) is 9.53 Å². The molecule has 5 nitrogen and oxygen atoms in total. The Labute approximate surface area is 114 Å². The molecule has 0 aromatic rings. The number of carbonyl (C=O) groups is 1. The average Bonchev–Trinajstić information content (AvgIpc) is 2.82. The third kappa shape index (κ3) is 1.12. The van der Waals surface area contributed by atoms with E-state index < -0.39 is 17.2 Å². The normalized spacial score (nSPS) is 36.9. The number of hydrogen-bond acceptors (Lipinski definition) is 5. The fourth-order valence-electron chi connectivity index (χ4n) is 2.90. The highest BCUT2D eigenvalue weighted by molar-refractivity contribution is 6.15. The van der Waals surface area contributed by atoms with Gasteiger partial charge in [-0.1, -0.05) is 18.2 Å². The Kier molecular flexibility index (Phi) is 1.83. The number of Topliss-reactive ketones (excluding diaryl/α,β-unsaturated/α-hetero) is 1. The van der Waals surface area contributed by atoms with Crippen LogP contribution in [0.25, 0.3) is 0 Å². The van der Waals surface area contributed by atoms with Crippen LogP contribution in [0.5, 0.6) is 0 Å². The van der Waals surface area contributed by atoms with E-state index in [9.17, 15) is 15.0 Å². The van der Waals surface area contributed by atoms with Gasteiger partial charge in [0.1, 0.15) is 5.76 Å². The molecule has 0 aromatic heterocycles. The van der Waals surface area contributed by atoms with Crippen molar-refractivity contribution < 1.29 is 19.7 Å². The predicted molar refractivity (Wildman–Crippen MR) is 69.7 cm³/mol. The van der Waals surface area contributed by atoms with E-state index in [4.69, 9.17) is 10.5 Å². The summed E-state index contributed by atoms with van der Waals surface area (Å²) in [6, 6.07) is 0. The molecule has 0 spiro atoms. The van der Waals surface area contributed by atoms with Gasteiger partial charge in [0, 0.05) is 16.8 Å². The molecule has 0 aromatic carbocycles. The molecule has 0 fully saturated rings. The molecule has 4 aliphatic rings. The van der Waals surface area contributed by atoms with Gasteiger partial charge in [-0.2, -0.15) is 0 Å². The van der Waals surface area contributed by atoms with Crippen molar-refractivity contribution in [2.45, 2.75) is 11.4 Å². The van der Waals surface area contributed by atoms with Crippen molar-refractivity contribution in [1.29, 1.82) is 0 Å². The van der Waals surface area contributed by atoms with Gasteiger partial charge in [0.15, 0.2) is 5.60 Å². The van der Waals surface area contributed by atoms with Crippen LogP contribution in [0, 0.1) is 0 Å². The molecule has 5 heteroatoms. The average molecular weight is 269 g/mol. The highest BCUT2D eigenvalue weighted by Crippen LogP contribution is 2.51. The maximum absolute atomic E-state index is 12.5. The summed E-state index contributed by atoms with van der Waals surface area (Å²) in [4.78, 5) is 12.5. The Hall–Kier alpha value is -2.37. The third-order valence-corrected chi connectivity index (χ3v) is 3.89. The second-order valence-corrected chi connectivity index (χ2v) is 5.12. The molecule has 20 heavy (non-hydrogen) atoms. The van der Waals surface area contributed by atoms with Gasteiger partial charge < -0.3 is 20.7 Å². The van der Waals surface area contributed by atoms with Crippen molar-refractivity contribution in [3.8, 4) is 0 Å². The fraction of sp³-hybridized carbons (Fsp3) is 0.133. The van der Waals surface area contributed by atoms with E-state index in [2.05, 4.69) is 0 Å². The summed E-state index contributed by atoms with van der Waals surface area (Å²) in [5.41, 5.74) is 5.20. The van der Waals surface area contributed by atoms with E-state index in [0.717, 1.165) is 0 Å². The van der Waals surface area contributed by atoms with Gasteiger partial charge in [0.2, 0.25) is 5.78 Å². The molecule has 0 unspecified atom stereocenters. The second-order valence-electron chi connectivity index (χ2n) is 5.12. The Morgan fingerprint density at radius 1 is 1.10 bits per heavy atom. The van der Waals surface area contributed by atoms with E-state index in [1.165, 1.54) is 24.3 Å². The Bertz CT molecular complexity index is 750. The van der Waals surface area contributed by atoms with Crippen LogP contribution in [0.3, 0.4) is 0 Å². The first-order chi connectivity index (χ1) is 9.46. The molecule has 0 bridgehead atoms. The number of nitrogens with two attached hydrogens (primary N) is 1. The molecule has 100 valence electrons. The fourth-order valence-corrected chi connectivity index (χ4v) is 2.90. The first-order valence-corrected chi connectivity index (χ1v) is 6.16. The predicted octanol–water partition coefficient (Wildman–Crippen LogP) is 0.108. The number of ketones is 1. The maximum atomic E-state index is 12.5. The molecule has 0 radical (unpaired) electrons. The van der Waals surface area contributed by atoms with Crippen LogP contribution < -0.4 is 5.73 Å². The summed E-state index contributed by atoms with van der Waals surface area (Å²) in [6.07, 6.45) is 10.7. The Balaban J connectivity index is 2.03. The lowest BCUT2D eigenvalue weighted by atomic mass is 9.87. The topological polar surface area (TPSA) is 92.8 Å². The summed E-state index contributed by atoms with van der Waals surface area (Å²) >= 11 is 0. The summed E-state index contributed by atoms with van der Waals surface area (Å²) in [6.45, 7) is 0. The van der Waals surface area contributed by atoms with Crippen LogP contribution in [0.1, 0.15) is 0 Å². The lowest BCUT2D eigenvalue weighted by Crippen LogP contribution is -2.38. The smallest absolute Gasteiger partial charge is 0.256 e. The molecule has 1 aliphatic heterocycles. The molecule has 4 N–H and O–H groups in total. The number of ether oxygens (including phenoxy) is 1. The zero-order valence-corrected chi connectivity index (χ0v) is 10.3. The van der Waals surface area contributed by atoms with Crippen LogP contribution in [0.2, 0.25) is 0 Å². The third-order valence-electron chi connectivity index (χ3n) is 3.89. The number of carbonyl (C=O) groups excluding carboxylic acids is 1. The zero-order chi connectivity index (χ0) is 14.1. The van der Waals surface area contributed by atoms with Gasteiger partial charge in [-0.25, -0.2) is 0 Å². The minimum absolute atomic E-state index is 0.193. The van der Waals surface area contributed by atoms with Gasteiger partial charge in [0.25, 0.3) is 5.79 Å². The second kappa shape index (κ2) is 3.20. The number of allylic oxidation sites excluding steroid dienone is 4. The van der Waals surface area contributed by atoms with Gasteiger partial charge in [0.05, 0.1) is 5.57 Å². The quantitative estimate of drug-likeness (QED) is 0.580. The number of fused-ring (bicyclic) bond motifs is 3. The summed E-state index contributed by atoms with van der Waals surface area (Å²) in [7, 11) is 0. The van der Waals surface area contributed by atoms with Crippen molar-refractivity contribution in [1.82, 2.24) is 0 Å². The largest absolute Gasteiger partial charge is 0.453 e. The number of rotatable bonds is 0. The van der Waals surface area contributed by atoms with Crippen molar-refractivity contribution in [2.24, 2.45) is 5.73 Å². The van der Waals surface area contributed by atoms with Crippen LogP contribution in [0.15, 0.2) is 70.7 Å². The van der Waals surface area contributed by atoms with Gasteiger partial charge >= 0.3 is 0 Å². The van der Waals surface area contributed by atoms with Crippen LogP contribution >= 0.6 is 0 Å². The molecule has 3 aliphatic carbocycles. The lowest BCUT2D eigenvalue weighted by Gasteiger charge is -2.27. The minimum Gasteiger partial charge on any atom is -0.453 e. The van der Waals surface area contributed by atoms with Crippen molar-refractivity contribution in [3.05, 3.63) is 70.7 Å². The Morgan fingerprint density at radius 3 is 2.70 bits per heavy atom. The molecular weight excluding hydrogens is 258 g/mol. The first-order valence-electron chi connectivity index (χ1n) is 6.16. The molecule has 4 rings (SSSR count). The van der Waals surface area contributed by atoms with Gasteiger partial charge in [-0.3, -0.25) is 4.79 Å². The maximum Gasteiger partial charge on any atom is 0.256 e. The van der Waals surface area contributed by atoms with E-state index >= 15 is 0 Å². The Morgan fingerprint density at radius 2 is 1.90 bits per heavy atom. The van der Waals surface area contributed by atoms with Gasteiger partial charge in [-0.05, 0) is 24.3 Å². The minimum atomic E-state index is -1.75. The van der Waals surface area contributed by atoms with Gasteiger partial charge in [-0.15, -0.1) is 0 Å². The summed E-state index contributed by atoms with van der Waals surface area (Å²) in [5, 5.41) is 21.0. The molecule has 2 atom stereocenters. The number of aliphatic hydroxyl groups is 2. The number of hydrogen-bond donors (Lipinski definition) is 3. The zero-order valence-electron chi connectivity index (χ0n) is 10.3. The van der Waals surface area contributed by atoms with E-state index in [0.29, 0.717) is 11.3 Å². The molecule has 0 amide bonds.